The minimum Gasteiger partial charge on any atom is -0.480 e. The van der Waals surface area contributed by atoms with Gasteiger partial charge in [0.1, 0.15) is 0 Å². The fourth-order valence-corrected chi connectivity index (χ4v) is 1.52. The number of nitrogens with one attached hydrogen (secondary N) is 2. The molecule has 0 saturated heterocycles. The van der Waals surface area contributed by atoms with Crippen LogP contribution in [0, 0.1) is 0 Å². The molecular formula is C11H12N2O2. The van der Waals surface area contributed by atoms with Crippen LogP contribution < -0.4 is 5.32 Å². The van der Waals surface area contributed by atoms with Gasteiger partial charge < -0.3 is 15.4 Å². The van der Waals surface area contributed by atoms with Crippen molar-refractivity contribution < 1.29 is 9.90 Å². The second-order valence-electron chi connectivity index (χ2n) is 3.40. The third-order valence-electron chi connectivity index (χ3n) is 2.22. The Balaban J connectivity index is 2.04. The number of fused-ring (bicyclic) bond motifs is 1. The topological polar surface area (TPSA) is 65.1 Å². The Morgan fingerprint density at radius 1 is 1.40 bits per heavy atom. The van der Waals surface area contributed by atoms with Gasteiger partial charge in [-0.3, -0.25) is 4.79 Å². The molecule has 78 valence electrons. The molecule has 0 bridgehead atoms. The molecule has 1 aromatic carbocycles. The summed E-state index contributed by atoms with van der Waals surface area (Å²) in [6, 6.07) is 8.03. The van der Waals surface area contributed by atoms with Gasteiger partial charge in [-0.05, 0) is 23.1 Å². The summed E-state index contributed by atoms with van der Waals surface area (Å²) in [5.74, 6) is -0.837. The highest BCUT2D eigenvalue weighted by atomic mass is 16.4. The predicted octanol–water partition coefficient (Wildman–Crippen LogP) is 1.34. The van der Waals surface area contributed by atoms with Crippen molar-refractivity contribution in [3.8, 4) is 0 Å². The second-order valence-corrected chi connectivity index (χ2v) is 3.40. The summed E-state index contributed by atoms with van der Waals surface area (Å²) in [6.45, 7) is 0.560. The molecule has 4 heteroatoms. The number of aromatic amines is 1. The minimum absolute atomic E-state index is 0.0111. The minimum atomic E-state index is -0.837. The van der Waals surface area contributed by atoms with E-state index in [9.17, 15) is 4.79 Å². The number of benzene rings is 1. The van der Waals surface area contributed by atoms with E-state index in [1.54, 1.807) is 0 Å². The van der Waals surface area contributed by atoms with E-state index >= 15 is 0 Å². The van der Waals surface area contributed by atoms with Crippen LogP contribution in [-0.4, -0.2) is 22.6 Å². The SMILES string of the molecule is O=C(O)CNCc1ccc2cc[nH]c2c1. The van der Waals surface area contributed by atoms with E-state index in [2.05, 4.69) is 10.3 Å². The zero-order valence-corrected chi connectivity index (χ0v) is 8.16. The average Bonchev–Trinajstić information content (AvgIpc) is 2.64. The maximum Gasteiger partial charge on any atom is 0.317 e. The molecule has 4 nitrogen and oxygen atoms in total. The van der Waals surface area contributed by atoms with Gasteiger partial charge in [-0.15, -0.1) is 0 Å². The van der Waals surface area contributed by atoms with Gasteiger partial charge in [0.25, 0.3) is 0 Å². The number of aliphatic carboxylic acids is 1. The lowest BCUT2D eigenvalue weighted by atomic mass is 10.1. The van der Waals surface area contributed by atoms with Crippen LogP contribution in [0.25, 0.3) is 10.9 Å². The van der Waals surface area contributed by atoms with Crippen molar-refractivity contribution in [1.82, 2.24) is 10.3 Å². The highest BCUT2D eigenvalue weighted by Gasteiger charge is 1.98. The molecule has 0 aliphatic carbocycles. The number of aromatic nitrogens is 1. The normalized spacial score (nSPS) is 10.7. The number of hydrogen-bond donors (Lipinski definition) is 3. The maximum atomic E-state index is 10.3. The van der Waals surface area contributed by atoms with E-state index in [0.717, 1.165) is 16.5 Å². The molecular weight excluding hydrogens is 192 g/mol. The Labute approximate surface area is 86.9 Å². The van der Waals surface area contributed by atoms with Crippen molar-refractivity contribution in [3.63, 3.8) is 0 Å². The Kier molecular flexibility index (Phi) is 2.69. The summed E-state index contributed by atoms with van der Waals surface area (Å²) in [6.07, 6.45) is 1.89. The van der Waals surface area contributed by atoms with E-state index in [-0.39, 0.29) is 6.54 Å². The van der Waals surface area contributed by atoms with Gasteiger partial charge in [0.15, 0.2) is 0 Å². The summed E-state index contributed by atoms with van der Waals surface area (Å²) in [4.78, 5) is 13.4. The predicted molar refractivity (Wildman–Crippen MR) is 57.6 cm³/mol. The van der Waals surface area contributed by atoms with Crippen molar-refractivity contribution in [2.45, 2.75) is 6.54 Å². The smallest absolute Gasteiger partial charge is 0.317 e. The molecule has 2 aromatic rings. The van der Waals surface area contributed by atoms with Crippen molar-refractivity contribution in [2.24, 2.45) is 0 Å². The average molecular weight is 204 g/mol. The molecule has 3 N–H and O–H groups in total. The number of carboxylic acids is 1. The highest BCUT2D eigenvalue weighted by molar-refractivity contribution is 5.79. The van der Waals surface area contributed by atoms with Gasteiger partial charge in [0, 0.05) is 18.3 Å². The van der Waals surface area contributed by atoms with Crippen LogP contribution in [0.3, 0.4) is 0 Å². The lowest BCUT2D eigenvalue weighted by Gasteiger charge is -2.02. The third kappa shape index (κ3) is 2.35. The Morgan fingerprint density at radius 3 is 3.07 bits per heavy atom. The van der Waals surface area contributed by atoms with Crippen LogP contribution >= 0.6 is 0 Å². The van der Waals surface area contributed by atoms with Gasteiger partial charge in [-0.25, -0.2) is 0 Å². The first kappa shape index (κ1) is 9.73. The zero-order chi connectivity index (χ0) is 10.7. The van der Waals surface area contributed by atoms with Gasteiger partial charge in [0.2, 0.25) is 0 Å². The molecule has 15 heavy (non-hydrogen) atoms. The quantitative estimate of drug-likeness (QED) is 0.704. The van der Waals surface area contributed by atoms with Gasteiger partial charge in [-0.1, -0.05) is 12.1 Å². The largest absolute Gasteiger partial charge is 0.480 e. The van der Waals surface area contributed by atoms with Crippen LogP contribution in [0.1, 0.15) is 5.56 Å². The number of carbonyl (C=O) groups is 1. The molecule has 0 spiro atoms. The zero-order valence-electron chi connectivity index (χ0n) is 8.16. The molecule has 0 saturated carbocycles. The van der Waals surface area contributed by atoms with E-state index in [1.165, 1.54) is 0 Å². The summed E-state index contributed by atoms with van der Waals surface area (Å²) in [5, 5.41) is 12.5. The maximum absolute atomic E-state index is 10.3. The van der Waals surface area contributed by atoms with Gasteiger partial charge in [-0.2, -0.15) is 0 Å². The van der Waals surface area contributed by atoms with Crippen molar-refractivity contribution in [3.05, 3.63) is 36.0 Å². The summed E-state index contributed by atoms with van der Waals surface area (Å²) >= 11 is 0. The summed E-state index contributed by atoms with van der Waals surface area (Å²) in [5.41, 5.74) is 2.15. The molecule has 0 unspecified atom stereocenters. The van der Waals surface area contributed by atoms with Gasteiger partial charge in [0.05, 0.1) is 6.54 Å². The van der Waals surface area contributed by atoms with E-state index < -0.39 is 5.97 Å². The van der Waals surface area contributed by atoms with E-state index in [4.69, 9.17) is 5.11 Å². The molecule has 0 atom stereocenters. The van der Waals surface area contributed by atoms with Crippen LogP contribution in [-0.2, 0) is 11.3 Å². The van der Waals surface area contributed by atoms with Crippen molar-refractivity contribution in [2.75, 3.05) is 6.54 Å². The van der Waals surface area contributed by atoms with Crippen LogP contribution in [0.2, 0.25) is 0 Å². The molecule has 0 aliphatic rings. The molecule has 1 heterocycles. The lowest BCUT2D eigenvalue weighted by molar-refractivity contribution is -0.135. The van der Waals surface area contributed by atoms with Crippen LogP contribution in [0.15, 0.2) is 30.5 Å². The van der Waals surface area contributed by atoms with Gasteiger partial charge >= 0.3 is 5.97 Å². The summed E-state index contributed by atoms with van der Waals surface area (Å²) < 4.78 is 0. The van der Waals surface area contributed by atoms with E-state index in [1.807, 2.05) is 30.5 Å². The first-order valence-electron chi connectivity index (χ1n) is 4.74. The molecule has 0 fully saturated rings. The fraction of sp³-hybridized carbons (Fsp3) is 0.182. The number of hydrogen-bond acceptors (Lipinski definition) is 2. The molecule has 0 radical (unpaired) electrons. The molecule has 0 amide bonds. The number of carboxylic acid groups (broad SMARTS) is 1. The highest BCUT2D eigenvalue weighted by Crippen LogP contribution is 2.13. The standard InChI is InChI=1S/C11H12N2O2/c14-11(15)7-12-6-8-1-2-9-3-4-13-10(9)5-8/h1-5,12-13H,6-7H2,(H,14,15). The van der Waals surface area contributed by atoms with Crippen molar-refractivity contribution >= 4 is 16.9 Å². The fourth-order valence-electron chi connectivity index (χ4n) is 1.52. The van der Waals surface area contributed by atoms with E-state index in [0.29, 0.717) is 6.54 Å². The first-order chi connectivity index (χ1) is 7.25. The Morgan fingerprint density at radius 2 is 2.27 bits per heavy atom. The summed E-state index contributed by atoms with van der Waals surface area (Å²) in [7, 11) is 0. The first-order valence-corrected chi connectivity index (χ1v) is 4.74. The third-order valence-corrected chi connectivity index (χ3v) is 2.22. The number of rotatable bonds is 4. The molecule has 2 rings (SSSR count). The number of H-pyrrole nitrogens is 1. The molecule has 0 aliphatic heterocycles. The monoisotopic (exact) mass is 204 g/mol. The van der Waals surface area contributed by atoms with Crippen LogP contribution in [0.4, 0.5) is 0 Å². The van der Waals surface area contributed by atoms with Crippen LogP contribution in [0.5, 0.6) is 0 Å². The Bertz CT molecular complexity index is 476. The lowest BCUT2D eigenvalue weighted by Crippen LogP contribution is -2.21. The second kappa shape index (κ2) is 4.14. The molecule has 1 aromatic heterocycles. The van der Waals surface area contributed by atoms with Crippen molar-refractivity contribution in [1.29, 1.82) is 0 Å². The Hall–Kier alpha value is -1.81.